The van der Waals surface area contributed by atoms with Crippen LogP contribution in [0.5, 0.6) is 0 Å². The van der Waals surface area contributed by atoms with Crippen LogP contribution in [0.4, 0.5) is 0 Å². The van der Waals surface area contributed by atoms with Crippen molar-refractivity contribution in [2.24, 2.45) is 0 Å². The Morgan fingerprint density at radius 1 is 1.28 bits per heavy atom. The first-order valence-electron chi connectivity index (χ1n) is 6.34. The molecule has 2 rings (SSSR count). The van der Waals surface area contributed by atoms with Crippen LogP contribution in [0, 0.1) is 20.8 Å². The third-order valence-corrected chi connectivity index (χ3v) is 4.41. The number of nitrogens with zero attached hydrogens (tertiary/aromatic N) is 1. The van der Waals surface area contributed by atoms with E-state index in [1.54, 1.807) is 11.3 Å². The molecule has 3 heteroatoms. The molecule has 2 nitrogen and oxygen atoms in total. The molecule has 1 atom stereocenters. The summed E-state index contributed by atoms with van der Waals surface area (Å²) in [6.07, 6.45) is 0. The largest absolute Gasteiger partial charge is 0.306 e. The summed E-state index contributed by atoms with van der Waals surface area (Å²) in [6.45, 7) is 9.55. The van der Waals surface area contributed by atoms with Crippen molar-refractivity contribution in [3.05, 3.63) is 51.0 Å². The molecule has 0 radical (unpaired) electrons. The van der Waals surface area contributed by atoms with Gasteiger partial charge in [0, 0.05) is 4.88 Å². The number of rotatable bonds is 4. The lowest BCUT2D eigenvalue weighted by atomic mass is 9.96. The monoisotopic (exact) mass is 260 g/mol. The van der Waals surface area contributed by atoms with Crippen molar-refractivity contribution >= 4 is 11.3 Å². The Bertz CT molecular complexity index is 531. The van der Waals surface area contributed by atoms with Gasteiger partial charge in [-0.25, -0.2) is 4.98 Å². The maximum Gasteiger partial charge on any atom is 0.0798 e. The first-order valence-corrected chi connectivity index (χ1v) is 7.22. The molecule has 0 aliphatic carbocycles. The van der Waals surface area contributed by atoms with E-state index in [1.165, 1.54) is 21.6 Å². The molecule has 1 heterocycles. The van der Waals surface area contributed by atoms with E-state index in [4.69, 9.17) is 0 Å². The average molecular weight is 260 g/mol. The highest BCUT2D eigenvalue weighted by atomic mass is 32.1. The molecule has 0 fully saturated rings. The van der Waals surface area contributed by atoms with E-state index in [0.717, 1.165) is 12.2 Å². The van der Waals surface area contributed by atoms with Crippen molar-refractivity contribution in [3.8, 4) is 0 Å². The Morgan fingerprint density at radius 2 is 2.06 bits per heavy atom. The highest BCUT2D eigenvalue weighted by molar-refractivity contribution is 7.09. The lowest BCUT2D eigenvalue weighted by Gasteiger charge is -2.20. The molecule has 1 aromatic heterocycles. The van der Waals surface area contributed by atoms with Gasteiger partial charge in [-0.15, -0.1) is 11.3 Å². The van der Waals surface area contributed by atoms with Crippen molar-refractivity contribution in [3.63, 3.8) is 0 Å². The molecule has 96 valence electrons. The quantitative estimate of drug-likeness (QED) is 0.905. The summed E-state index contributed by atoms with van der Waals surface area (Å²) in [7, 11) is 0. The molecule has 0 amide bonds. The standard InChI is InChI=1S/C15H20N2S/c1-5-16-14(15-12(4)17-9-18-15)13-8-6-7-10(2)11(13)3/h6-9,14,16H,5H2,1-4H3. The molecule has 1 unspecified atom stereocenters. The Balaban J connectivity index is 2.48. The number of nitrogens with one attached hydrogen (secondary N) is 1. The molecule has 2 aromatic rings. The van der Waals surface area contributed by atoms with E-state index in [1.807, 2.05) is 5.51 Å². The van der Waals surface area contributed by atoms with Crippen LogP contribution >= 0.6 is 11.3 Å². The van der Waals surface area contributed by atoms with Gasteiger partial charge < -0.3 is 5.32 Å². The topological polar surface area (TPSA) is 24.9 Å². The van der Waals surface area contributed by atoms with Gasteiger partial charge in [0.25, 0.3) is 0 Å². The van der Waals surface area contributed by atoms with Gasteiger partial charge in [-0.05, 0) is 44.0 Å². The second-order valence-electron chi connectivity index (χ2n) is 4.58. The zero-order chi connectivity index (χ0) is 13.1. The summed E-state index contributed by atoms with van der Waals surface area (Å²) in [4.78, 5) is 5.70. The van der Waals surface area contributed by atoms with Crippen LogP contribution in [-0.4, -0.2) is 11.5 Å². The average Bonchev–Trinajstić information content (AvgIpc) is 2.76. The predicted molar refractivity (Wildman–Crippen MR) is 78.3 cm³/mol. The van der Waals surface area contributed by atoms with Crippen molar-refractivity contribution in [2.45, 2.75) is 33.7 Å². The highest BCUT2D eigenvalue weighted by Crippen LogP contribution is 2.30. The van der Waals surface area contributed by atoms with Crippen molar-refractivity contribution in [2.75, 3.05) is 6.54 Å². The summed E-state index contributed by atoms with van der Waals surface area (Å²) in [5, 5.41) is 3.58. The number of hydrogen-bond donors (Lipinski definition) is 1. The first kappa shape index (κ1) is 13.2. The number of aryl methyl sites for hydroxylation is 2. The molecule has 0 aliphatic heterocycles. The summed E-state index contributed by atoms with van der Waals surface area (Å²) in [6, 6.07) is 6.79. The van der Waals surface area contributed by atoms with E-state index in [9.17, 15) is 0 Å². The minimum Gasteiger partial charge on any atom is -0.306 e. The van der Waals surface area contributed by atoms with Crippen molar-refractivity contribution in [1.29, 1.82) is 0 Å². The predicted octanol–water partition coefficient (Wildman–Crippen LogP) is 3.77. The van der Waals surface area contributed by atoms with Gasteiger partial charge in [-0.3, -0.25) is 0 Å². The van der Waals surface area contributed by atoms with Crippen LogP contribution < -0.4 is 5.32 Å². The highest BCUT2D eigenvalue weighted by Gasteiger charge is 2.19. The van der Waals surface area contributed by atoms with Crippen molar-refractivity contribution in [1.82, 2.24) is 10.3 Å². The summed E-state index contributed by atoms with van der Waals surface area (Å²) >= 11 is 1.73. The van der Waals surface area contributed by atoms with Crippen LogP contribution in [0.2, 0.25) is 0 Å². The SMILES string of the molecule is CCNC(c1cccc(C)c1C)c1scnc1C. The van der Waals surface area contributed by atoms with E-state index in [-0.39, 0.29) is 6.04 Å². The number of hydrogen-bond acceptors (Lipinski definition) is 3. The number of aromatic nitrogens is 1. The fourth-order valence-corrected chi connectivity index (χ4v) is 3.12. The maximum absolute atomic E-state index is 4.38. The van der Waals surface area contributed by atoms with Crippen LogP contribution in [0.3, 0.4) is 0 Å². The fraction of sp³-hybridized carbons (Fsp3) is 0.400. The number of benzene rings is 1. The third-order valence-electron chi connectivity index (χ3n) is 3.41. The second kappa shape index (κ2) is 5.63. The van der Waals surface area contributed by atoms with Crippen LogP contribution in [0.1, 0.15) is 40.2 Å². The number of thiazole rings is 1. The second-order valence-corrected chi connectivity index (χ2v) is 5.47. The van der Waals surface area contributed by atoms with Crippen LogP contribution in [0.15, 0.2) is 23.7 Å². The summed E-state index contributed by atoms with van der Waals surface area (Å²) in [5.74, 6) is 0. The van der Waals surface area contributed by atoms with E-state index >= 15 is 0 Å². The minimum atomic E-state index is 0.266. The summed E-state index contributed by atoms with van der Waals surface area (Å²) < 4.78 is 0. The van der Waals surface area contributed by atoms with Crippen molar-refractivity contribution < 1.29 is 0 Å². The third kappa shape index (κ3) is 2.47. The molecule has 1 N–H and O–H groups in total. The Kier molecular flexibility index (Phi) is 4.15. The lowest BCUT2D eigenvalue weighted by Crippen LogP contribution is -2.22. The smallest absolute Gasteiger partial charge is 0.0798 e. The molecule has 0 saturated heterocycles. The van der Waals surface area contributed by atoms with Gasteiger partial charge in [0.15, 0.2) is 0 Å². The Morgan fingerprint density at radius 3 is 2.67 bits per heavy atom. The molecular weight excluding hydrogens is 240 g/mol. The van der Waals surface area contributed by atoms with Crippen LogP contribution in [0.25, 0.3) is 0 Å². The molecule has 18 heavy (non-hydrogen) atoms. The van der Waals surface area contributed by atoms with Gasteiger partial charge in [0.05, 0.1) is 17.2 Å². The van der Waals surface area contributed by atoms with E-state index in [2.05, 4.69) is 56.2 Å². The zero-order valence-corrected chi connectivity index (χ0v) is 12.3. The molecule has 0 saturated carbocycles. The first-order chi connectivity index (χ1) is 8.65. The van der Waals surface area contributed by atoms with Gasteiger partial charge in [0.1, 0.15) is 0 Å². The molecule has 0 bridgehead atoms. The molecule has 1 aromatic carbocycles. The van der Waals surface area contributed by atoms with Gasteiger partial charge in [-0.1, -0.05) is 25.1 Å². The maximum atomic E-state index is 4.38. The van der Waals surface area contributed by atoms with Gasteiger partial charge in [-0.2, -0.15) is 0 Å². The Hall–Kier alpha value is -1.19. The summed E-state index contributed by atoms with van der Waals surface area (Å²) in [5.41, 5.74) is 7.14. The normalized spacial score (nSPS) is 12.7. The molecule has 0 aliphatic rings. The zero-order valence-electron chi connectivity index (χ0n) is 11.4. The minimum absolute atomic E-state index is 0.266. The lowest BCUT2D eigenvalue weighted by molar-refractivity contribution is 0.632. The fourth-order valence-electron chi connectivity index (χ4n) is 2.22. The van der Waals surface area contributed by atoms with Gasteiger partial charge in [0.2, 0.25) is 0 Å². The van der Waals surface area contributed by atoms with Gasteiger partial charge >= 0.3 is 0 Å². The van der Waals surface area contributed by atoms with E-state index < -0.39 is 0 Å². The Labute approximate surface area is 113 Å². The van der Waals surface area contributed by atoms with E-state index in [0.29, 0.717) is 0 Å². The molecule has 0 spiro atoms. The molecular formula is C15H20N2S. The van der Waals surface area contributed by atoms with Crippen LogP contribution in [-0.2, 0) is 0 Å².